The van der Waals surface area contributed by atoms with Gasteiger partial charge in [-0.3, -0.25) is 19.4 Å². The van der Waals surface area contributed by atoms with Crippen LogP contribution in [0.15, 0.2) is 42.0 Å². The van der Waals surface area contributed by atoms with Crippen LogP contribution in [0.3, 0.4) is 0 Å². The van der Waals surface area contributed by atoms with E-state index in [-0.39, 0.29) is 29.6 Å². The number of hydrogen-bond acceptors (Lipinski definition) is 7. The van der Waals surface area contributed by atoms with Gasteiger partial charge >= 0.3 is 6.03 Å². The van der Waals surface area contributed by atoms with Crippen molar-refractivity contribution in [3.8, 4) is 23.0 Å². The first-order valence-corrected chi connectivity index (χ1v) is 10.2. The number of rotatable bonds is 8. The number of imide groups is 2. The highest BCUT2D eigenvalue weighted by atomic mass is 35.5. The molecule has 0 aliphatic carbocycles. The second kappa shape index (κ2) is 10.3. The maximum atomic E-state index is 12.4. The number of methoxy groups -OCH3 is 2. The van der Waals surface area contributed by atoms with Crippen molar-refractivity contribution in [1.29, 1.82) is 0 Å². The zero-order valence-electron chi connectivity index (χ0n) is 18.6. The van der Waals surface area contributed by atoms with Crippen LogP contribution in [0.5, 0.6) is 23.0 Å². The van der Waals surface area contributed by atoms with E-state index < -0.39 is 17.8 Å². The molecule has 2 aromatic rings. The molecule has 4 amide bonds. The van der Waals surface area contributed by atoms with Gasteiger partial charge in [0.2, 0.25) is 0 Å². The fourth-order valence-electron chi connectivity index (χ4n) is 3.14. The van der Waals surface area contributed by atoms with E-state index >= 15 is 0 Å². The van der Waals surface area contributed by atoms with E-state index in [4.69, 9.17) is 30.5 Å². The number of carbonyl (C=O) groups excluding carboxylic acids is 3. The molecule has 1 fully saturated rings. The Bertz CT molecular complexity index is 1090. The van der Waals surface area contributed by atoms with Gasteiger partial charge in [-0.1, -0.05) is 23.7 Å². The topological polar surface area (TPSA) is 94.6 Å². The highest BCUT2D eigenvalue weighted by Crippen LogP contribution is 2.37. The number of halogens is 1. The highest BCUT2D eigenvalue weighted by molar-refractivity contribution is 6.33. The van der Waals surface area contributed by atoms with Crippen molar-refractivity contribution in [2.75, 3.05) is 41.5 Å². The molecule has 0 N–H and O–H groups in total. The van der Waals surface area contributed by atoms with E-state index in [1.807, 2.05) is 12.1 Å². The van der Waals surface area contributed by atoms with Crippen LogP contribution < -0.4 is 18.9 Å². The minimum atomic E-state index is -0.702. The number of amides is 4. The van der Waals surface area contributed by atoms with Crippen LogP contribution >= 0.6 is 11.6 Å². The van der Waals surface area contributed by atoms with Gasteiger partial charge in [-0.2, -0.15) is 0 Å². The number of hydrogen-bond donors (Lipinski definition) is 0. The third kappa shape index (κ3) is 5.04. The third-order valence-corrected chi connectivity index (χ3v) is 5.14. The molecule has 9 nitrogen and oxygen atoms in total. The summed E-state index contributed by atoms with van der Waals surface area (Å²) in [5.74, 6) is 0.379. The fourth-order valence-corrected chi connectivity index (χ4v) is 3.41. The Morgan fingerprint density at radius 1 is 0.848 bits per heavy atom. The Morgan fingerprint density at radius 3 is 2.03 bits per heavy atom. The molecule has 0 atom stereocenters. The van der Waals surface area contributed by atoms with Crippen molar-refractivity contribution in [3.63, 3.8) is 0 Å². The standard InChI is InChI=1S/C23H23ClN2O7/c1-25-21(27)15(22(28)26(2)23(25)29)11-14-12-16(24)20(19(13-14)31-4)33-10-9-32-18-8-6-5-7-17(18)30-3/h5-8,11-13H,9-10H2,1-4H3. The van der Waals surface area contributed by atoms with Gasteiger partial charge in [0.25, 0.3) is 11.8 Å². The molecule has 0 spiro atoms. The van der Waals surface area contributed by atoms with Gasteiger partial charge < -0.3 is 18.9 Å². The van der Waals surface area contributed by atoms with Gasteiger partial charge in [0.05, 0.1) is 19.2 Å². The maximum Gasteiger partial charge on any atom is 0.333 e. The van der Waals surface area contributed by atoms with Crippen molar-refractivity contribution in [2.24, 2.45) is 0 Å². The lowest BCUT2D eigenvalue weighted by molar-refractivity contribution is -0.134. The minimum absolute atomic E-state index is 0.170. The molecule has 1 aliphatic heterocycles. The summed E-state index contributed by atoms with van der Waals surface area (Å²) in [5, 5.41) is 0.215. The summed E-state index contributed by atoms with van der Waals surface area (Å²) in [7, 11) is 5.61. The Hall–Kier alpha value is -3.72. The zero-order valence-corrected chi connectivity index (χ0v) is 19.3. The molecule has 2 aromatic carbocycles. The number of benzene rings is 2. The molecule has 10 heteroatoms. The summed E-state index contributed by atoms with van der Waals surface area (Å²) in [6.45, 7) is 0.393. The molecule has 3 rings (SSSR count). The van der Waals surface area contributed by atoms with Crippen molar-refractivity contribution >= 4 is 35.5 Å². The summed E-state index contributed by atoms with van der Waals surface area (Å²) in [6.07, 6.45) is 1.35. The van der Waals surface area contributed by atoms with Crippen molar-refractivity contribution in [2.45, 2.75) is 0 Å². The molecule has 0 radical (unpaired) electrons. The van der Waals surface area contributed by atoms with E-state index in [1.165, 1.54) is 33.3 Å². The van der Waals surface area contributed by atoms with Crippen LogP contribution in [0.25, 0.3) is 6.08 Å². The van der Waals surface area contributed by atoms with Crippen LogP contribution in [0.2, 0.25) is 5.02 Å². The van der Waals surface area contributed by atoms with Gasteiger partial charge in [0.1, 0.15) is 18.8 Å². The number of ether oxygens (including phenoxy) is 4. The highest BCUT2D eigenvalue weighted by Gasteiger charge is 2.37. The Morgan fingerprint density at radius 2 is 1.42 bits per heavy atom. The van der Waals surface area contributed by atoms with E-state index in [9.17, 15) is 14.4 Å². The number of carbonyl (C=O) groups is 3. The monoisotopic (exact) mass is 474 g/mol. The third-order valence-electron chi connectivity index (χ3n) is 4.86. The van der Waals surface area contributed by atoms with E-state index in [0.29, 0.717) is 22.8 Å². The molecule has 1 aliphatic rings. The summed E-state index contributed by atoms with van der Waals surface area (Å²) in [5.41, 5.74) is 0.263. The number of urea groups is 1. The molecule has 0 bridgehead atoms. The lowest BCUT2D eigenvalue weighted by Gasteiger charge is -2.28. The van der Waals surface area contributed by atoms with Crippen LogP contribution in [0, 0.1) is 0 Å². The number of nitrogens with zero attached hydrogens (tertiary/aromatic N) is 2. The summed E-state index contributed by atoms with van der Waals surface area (Å²) < 4.78 is 22.1. The predicted octanol–water partition coefficient (Wildman–Crippen LogP) is 3.25. The maximum absolute atomic E-state index is 12.4. The summed E-state index contributed by atoms with van der Waals surface area (Å²) in [4.78, 5) is 38.5. The SMILES string of the molecule is COc1ccccc1OCCOc1c(Cl)cc(C=C2C(=O)N(C)C(=O)N(C)C2=O)cc1OC. The van der Waals surface area contributed by atoms with Crippen LogP contribution in [-0.2, 0) is 9.59 Å². The second-order valence-corrected chi connectivity index (χ2v) is 7.36. The fraction of sp³-hybridized carbons (Fsp3) is 0.261. The van der Waals surface area contributed by atoms with Gasteiger partial charge in [0, 0.05) is 14.1 Å². The summed E-state index contributed by atoms with van der Waals surface area (Å²) in [6, 6.07) is 9.65. The predicted molar refractivity (Wildman–Crippen MR) is 121 cm³/mol. The van der Waals surface area contributed by atoms with E-state index in [1.54, 1.807) is 25.3 Å². The molecule has 1 saturated heterocycles. The smallest absolute Gasteiger partial charge is 0.333 e. The average Bonchev–Trinajstić information content (AvgIpc) is 2.82. The normalized spacial score (nSPS) is 13.8. The van der Waals surface area contributed by atoms with Crippen LogP contribution in [0.4, 0.5) is 4.79 Å². The molecule has 174 valence electrons. The lowest BCUT2D eigenvalue weighted by atomic mass is 10.1. The quantitative estimate of drug-likeness (QED) is 0.329. The second-order valence-electron chi connectivity index (χ2n) is 6.95. The van der Waals surface area contributed by atoms with E-state index in [0.717, 1.165) is 9.80 Å². The Labute approximate surface area is 196 Å². The van der Waals surface area contributed by atoms with Gasteiger partial charge in [-0.25, -0.2) is 4.79 Å². The zero-order chi connectivity index (χ0) is 24.1. The molecular formula is C23H23ClN2O7. The van der Waals surface area contributed by atoms with Crippen LogP contribution in [-0.4, -0.2) is 69.2 Å². The molecule has 0 unspecified atom stereocenters. The first-order chi connectivity index (χ1) is 15.8. The van der Waals surface area contributed by atoms with Crippen molar-refractivity contribution in [1.82, 2.24) is 9.80 Å². The largest absolute Gasteiger partial charge is 0.493 e. The number of para-hydroxylation sites is 2. The number of barbiturate groups is 1. The Balaban J connectivity index is 1.76. The van der Waals surface area contributed by atoms with E-state index in [2.05, 4.69) is 0 Å². The first kappa shape index (κ1) is 23.9. The number of likely N-dealkylation sites (N-methyl/N-ethyl adjacent to an activating group) is 2. The Kier molecular flexibility index (Phi) is 7.44. The minimum Gasteiger partial charge on any atom is -0.493 e. The van der Waals surface area contributed by atoms with Gasteiger partial charge in [-0.05, 0) is 35.9 Å². The first-order valence-electron chi connectivity index (χ1n) is 9.86. The van der Waals surface area contributed by atoms with Crippen molar-refractivity contribution < 1.29 is 33.3 Å². The van der Waals surface area contributed by atoms with Gasteiger partial charge in [-0.15, -0.1) is 0 Å². The average molecular weight is 475 g/mol. The molecule has 1 heterocycles. The molecule has 0 aromatic heterocycles. The van der Waals surface area contributed by atoms with Crippen molar-refractivity contribution in [3.05, 3.63) is 52.6 Å². The van der Waals surface area contributed by atoms with Crippen LogP contribution in [0.1, 0.15) is 5.56 Å². The molecule has 0 saturated carbocycles. The molecule has 33 heavy (non-hydrogen) atoms. The van der Waals surface area contributed by atoms with Gasteiger partial charge in [0.15, 0.2) is 23.0 Å². The molecular weight excluding hydrogens is 452 g/mol. The lowest BCUT2D eigenvalue weighted by Crippen LogP contribution is -2.52. The summed E-state index contributed by atoms with van der Waals surface area (Å²) >= 11 is 6.39.